The zero-order valence-electron chi connectivity index (χ0n) is 29.5. The summed E-state index contributed by atoms with van der Waals surface area (Å²) in [5.74, 6) is -1.30. The number of hydrogen-bond acceptors (Lipinski definition) is 9. The Morgan fingerprint density at radius 3 is 2.51 bits per heavy atom. The zero-order valence-corrected chi connectivity index (χ0v) is 29.5. The van der Waals surface area contributed by atoms with Crippen LogP contribution in [0.3, 0.4) is 0 Å². The maximum Gasteiger partial charge on any atom is 0.328 e. The molecule has 2 amide bonds. The summed E-state index contributed by atoms with van der Waals surface area (Å²) in [6, 6.07) is 8.81. The van der Waals surface area contributed by atoms with Crippen LogP contribution in [0.2, 0.25) is 0 Å². The second-order valence-corrected chi connectivity index (χ2v) is 14.0. The number of fused-ring (bicyclic) bond motifs is 2. The van der Waals surface area contributed by atoms with Crippen molar-refractivity contribution < 1.29 is 28.3 Å². The Labute approximate surface area is 293 Å². The van der Waals surface area contributed by atoms with Crippen LogP contribution in [0.4, 0.5) is 4.39 Å². The number of likely N-dealkylation sites (tertiary alicyclic amines) is 1. The molecule has 5 aromatic rings. The van der Waals surface area contributed by atoms with Gasteiger partial charge in [-0.2, -0.15) is 10.2 Å². The molecule has 1 N–H and O–H groups in total. The minimum absolute atomic E-state index is 0.0205. The van der Waals surface area contributed by atoms with Gasteiger partial charge in [-0.25, -0.2) is 9.07 Å². The number of ketones is 1. The number of halogens is 1. The SMILES string of the molecule is CC(=O)CCC(=O)N1CCC(c2nn(CC(=O)NCc3cn(CC(=O)OC(C)(C)C)nn3)c3cccc(-c4cc5c(cnn5C)cc4F)c23)CC1. The summed E-state index contributed by atoms with van der Waals surface area (Å²) >= 11 is 0. The quantitative estimate of drug-likeness (QED) is 0.201. The predicted molar refractivity (Wildman–Crippen MR) is 186 cm³/mol. The number of piperidine rings is 1. The molecule has 0 bridgehead atoms. The first kappa shape index (κ1) is 35.4. The molecule has 0 spiro atoms. The Kier molecular flexibility index (Phi) is 9.99. The van der Waals surface area contributed by atoms with Crippen LogP contribution < -0.4 is 5.32 Å². The highest BCUT2D eigenvalue weighted by Crippen LogP contribution is 2.40. The minimum atomic E-state index is -0.625. The molecule has 0 radical (unpaired) electrons. The highest BCUT2D eigenvalue weighted by molar-refractivity contribution is 6.00. The second kappa shape index (κ2) is 14.4. The molecule has 1 aliphatic rings. The molecule has 14 nitrogen and oxygen atoms in total. The lowest BCUT2D eigenvalue weighted by Crippen LogP contribution is -2.38. The molecule has 15 heteroatoms. The number of hydrogen-bond donors (Lipinski definition) is 1. The van der Waals surface area contributed by atoms with Crippen LogP contribution in [0.15, 0.2) is 42.7 Å². The van der Waals surface area contributed by atoms with Crippen molar-refractivity contribution >= 4 is 45.4 Å². The lowest BCUT2D eigenvalue weighted by Gasteiger charge is -2.31. The van der Waals surface area contributed by atoms with Gasteiger partial charge in [0.1, 0.15) is 36.0 Å². The van der Waals surface area contributed by atoms with Gasteiger partial charge in [0.05, 0.1) is 35.7 Å². The predicted octanol–water partition coefficient (Wildman–Crippen LogP) is 4.05. The van der Waals surface area contributed by atoms with Crippen LogP contribution in [0.5, 0.6) is 0 Å². The smallest absolute Gasteiger partial charge is 0.328 e. The number of esters is 1. The number of Topliss-reactive ketones (excluding diaryl/α,β-unsaturated/α-hetero) is 1. The number of carbonyl (C=O) groups is 4. The maximum atomic E-state index is 15.8. The van der Waals surface area contributed by atoms with E-state index in [1.54, 1.807) is 60.5 Å². The zero-order chi connectivity index (χ0) is 36.4. The van der Waals surface area contributed by atoms with Gasteiger partial charge in [0.15, 0.2) is 0 Å². The van der Waals surface area contributed by atoms with Gasteiger partial charge >= 0.3 is 5.97 Å². The summed E-state index contributed by atoms with van der Waals surface area (Å²) in [6.07, 6.45) is 4.85. The van der Waals surface area contributed by atoms with Crippen LogP contribution in [0.1, 0.15) is 70.7 Å². The standard InChI is InChI=1S/C36H42FN9O5/c1-22(47)9-10-32(49)44-13-11-23(12-14-44)35-34-26(27-16-30-24(15-28(27)37)17-39-43(30)5)7-6-8-29(34)46(41-35)20-31(48)38-18-25-19-45(42-40-25)21-33(50)51-36(2,3)4/h6-8,15-17,19,23H,9-14,18,20-21H2,1-5H3,(H,38,48). The van der Waals surface area contributed by atoms with Crippen molar-refractivity contribution in [2.45, 2.75) is 84.5 Å². The molecule has 1 aliphatic heterocycles. The molecule has 0 saturated carbocycles. The van der Waals surface area contributed by atoms with Crippen molar-refractivity contribution in [3.8, 4) is 11.1 Å². The first-order valence-electron chi connectivity index (χ1n) is 17.0. The molecule has 268 valence electrons. The molecule has 0 atom stereocenters. The fourth-order valence-corrected chi connectivity index (χ4v) is 6.49. The van der Waals surface area contributed by atoms with Gasteiger partial charge < -0.3 is 19.7 Å². The molecule has 0 unspecified atom stereocenters. The summed E-state index contributed by atoms with van der Waals surface area (Å²) in [5.41, 5.74) is 3.07. The molecule has 3 aromatic heterocycles. The minimum Gasteiger partial charge on any atom is -0.459 e. The average Bonchev–Trinajstić information content (AvgIpc) is 3.78. The lowest BCUT2D eigenvalue weighted by atomic mass is 9.88. The maximum absolute atomic E-state index is 15.8. The number of ether oxygens (including phenoxy) is 1. The fourth-order valence-electron chi connectivity index (χ4n) is 6.49. The van der Waals surface area contributed by atoms with Crippen LogP contribution in [0.25, 0.3) is 32.9 Å². The number of nitrogens with zero attached hydrogens (tertiary/aromatic N) is 8. The van der Waals surface area contributed by atoms with E-state index in [2.05, 4.69) is 20.7 Å². The molecule has 1 fully saturated rings. The Balaban J connectivity index is 1.25. The molecule has 4 heterocycles. The first-order chi connectivity index (χ1) is 24.3. The second-order valence-electron chi connectivity index (χ2n) is 14.0. The van der Waals surface area contributed by atoms with E-state index in [9.17, 15) is 19.2 Å². The van der Waals surface area contributed by atoms with Gasteiger partial charge in [0, 0.05) is 55.2 Å². The lowest BCUT2D eigenvalue weighted by molar-refractivity contribution is -0.155. The normalized spacial score (nSPS) is 14.0. The van der Waals surface area contributed by atoms with Crippen molar-refractivity contribution in [2.75, 3.05) is 13.1 Å². The highest BCUT2D eigenvalue weighted by atomic mass is 19.1. The van der Waals surface area contributed by atoms with Gasteiger partial charge in [0.25, 0.3) is 0 Å². The van der Waals surface area contributed by atoms with Crippen LogP contribution >= 0.6 is 0 Å². The van der Waals surface area contributed by atoms with Crippen LogP contribution in [-0.4, -0.2) is 81.7 Å². The number of rotatable bonds is 11. The van der Waals surface area contributed by atoms with E-state index in [0.717, 1.165) is 16.6 Å². The molecule has 0 aliphatic carbocycles. The van der Waals surface area contributed by atoms with Crippen molar-refractivity contribution in [3.05, 3.63) is 59.9 Å². The van der Waals surface area contributed by atoms with E-state index >= 15 is 4.39 Å². The van der Waals surface area contributed by atoms with E-state index in [1.165, 1.54) is 17.7 Å². The third kappa shape index (κ3) is 8.13. The van der Waals surface area contributed by atoms with E-state index in [1.807, 2.05) is 18.2 Å². The summed E-state index contributed by atoms with van der Waals surface area (Å²) in [6.45, 7) is 7.69. The van der Waals surface area contributed by atoms with E-state index in [-0.39, 0.29) is 56.0 Å². The molecule has 51 heavy (non-hydrogen) atoms. The van der Waals surface area contributed by atoms with Crippen LogP contribution in [-0.2, 0) is 50.6 Å². The summed E-state index contributed by atoms with van der Waals surface area (Å²) < 4.78 is 25.8. The number of nitrogens with one attached hydrogen (secondary N) is 1. The number of benzene rings is 2. The van der Waals surface area contributed by atoms with Crippen molar-refractivity contribution in [1.82, 2.24) is 44.8 Å². The van der Waals surface area contributed by atoms with Gasteiger partial charge in [0.2, 0.25) is 11.8 Å². The molecule has 1 saturated heterocycles. The van der Waals surface area contributed by atoms with Crippen LogP contribution in [0, 0.1) is 5.82 Å². The third-order valence-electron chi connectivity index (χ3n) is 8.91. The number of aromatic nitrogens is 7. The van der Waals surface area contributed by atoms with E-state index in [4.69, 9.17) is 9.84 Å². The van der Waals surface area contributed by atoms with E-state index in [0.29, 0.717) is 53.7 Å². The van der Waals surface area contributed by atoms with Crippen molar-refractivity contribution in [2.24, 2.45) is 7.05 Å². The van der Waals surface area contributed by atoms with Gasteiger partial charge in [-0.15, -0.1) is 5.10 Å². The van der Waals surface area contributed by atoms with Crippen molar-refractivity contribution in [1.29, 1.82) is 0 Å². The largest absolute Gasteiger partial charge is 0.459 e. The van der Waals surface area contributed by atoms with E-state index < -0.39 is 17.4 Å². The van der Waals surface area contributed by atoms with Gasteiger partial charge in [-0.3, -0.25) is 23.7 Å². The van der Waals surface area contributed by atoms with Gasteiger partial charge in [-0.1, -0.05) is 17.3 Å². The van der Waals surface area contributed by atoms with Gasteiger partial charge in [-0.05, 0) is 64.3 Å². The summed E-state index contributed by atoms with van der Waals surface area (Å²) in [7, 11) is 1.81. The Bertz CT molecular complexity index is 2120. The third-order valence-corrected chi connectivity index (χ3v) is 8.91. The molecular formula is C36H42FN9O5. The Morgan fingerprint density at radius 2 is 1.78 bits per heavy atom. The molecule has 2 aromatic carbocycles. The number of aryl methyl sites for hydroxylation is 1. The monoisotopic (exact) mass is 699 g/mol. The summed E-state index contributed by atoms with van der Waals surface area (Å²) in [5, 5.41) is 21.6. The fraction of sp³-hybridized carbons (Fsp3) is 0.444. The van der Waals surface area contributed by atoms with Crippen molar-refractivity contribution in [3.63, 3.8) is 0 Å². The first-order valence-corrected chi connectivity index (χ1v) is 17.0. The number of carbonyl (C=O) groups excluding carboxylic acids is 4. The molecular weight excluding hydrogens is 657 g/mol. The Morgan fingerprint density at radius 1 is 1.02 bits per heavy atom. The highest BCUT2D eigenvalue weighted by Gasteiger charge is 2.29. The molecule has 6 rings (SSSR count). The number of amides is 2. The Hall–Kier alpha value is -5.47. The topological polar surface area (TPSA) is 159 Å². The average molecular weight is 700 g/mol. The summed E-state index contributed by atoms with van der Waals surface area (Å²) in [4.78, 5) is 51.5.